The third-order valence-corrected chi connectivity index (χ3v) is 6.78. The number of imide groups is 2. The van der Waals surface area contributed by atoms with Gasteiger partial charge in [0.05, 0.1) is 5.69 Å². The minimum atomic E-state index is -0.798. The van der Waals surface area contributed by atoms with Gasteiger partial charge >= 0.3 is 6.03 Å². The summed E-state index contributed by atoms with van der Waals surface area (Å²) >= 11 is 5.96. The first-order chi connectivity index (χ1) is 18.0. The smallest absolute Gasteiger partial charge is 0.335 e. The van der Waals surface area contributed by atoms with Gasteiger partial charge in [0.15, 0.2) is 0 Å². The Labute approximate surface area is 217 Å². The van der Waals surface area contributed by atoms with Crippen molar-refractivity contribution in [1.82, 2.24) is 9.88 Å². The quantitative estimate of drug-likeness (QED) is 0.235. The number of fused-ring (bicyclic) bond motifs is 2. The number of hydrogen-bond donors (Lipinski definition) is 1. The standard InChI is InChI=1S/C30H20ClN3O3/c31-22-12-14-23(15-13-22)34-29(36)26(28(35)32-30(34)37)16-21-18-33(27-11-4-3-10-25(21)27)17-20-8-5-7-19-6-1-2-9-24(19)20/h1-16,18H,17H2,(H,32,35,37)/b26-16-. The summed E-state index contributed by atoms with van der Waals surface area (Å²) < 4.78 is 2.11. The number of para-hydroxylation sites is 1. The summed E-state index contributed by atoms with van der Waals surface area (Å²) in [7, 11) is 0. The van der Waals surface area contributed by atoms with E-state index in [1.807, 2.05) is 48.7 Å². The molecule has 0 aliphatic carbocycles. The van der Waals surface area contributed by atoms with Crippen LogP contribution in [0.2, 0.25) is 5.02 Å². The van der Waals surface area contributed by atoms with Crippen LogP contribution in [-0.2, 0) is 16.1 Å². The van der Waals surface area contributed by atoms with Gasteiger partial charge in [-0.25, -0.2) is 9.69 Å². The second kappa shape index (κ2) is 9.08. The molecule has 0 spiro atoms. The molecule has 37 heavy (non-hydrogen) atoms. The zero-order valence-corrected chi connectivity index (χ0v) is 20.3. The van der Waals surface area contributed by atoms with E-state index in [-0.39, 0.29) is 5.57 Å². The van der Waals surface area contributed by atoms with Gasteiger partial charge in [-0.3, -0.25) is 14.9 Å². The van der Waals surface area contributed by atoms with Crippen LogP contribution in [0, 0.1) is 0 Å². The van der Waals surface area contributed by atoms with Crippen LogP contribution in [0.25, 0.3) is 27.8 Å². The summed E-state index contributed by atoms with van der Waals surface area (Å²) in [6.45, 7) is 0.612. The zero-order valence-electron chi connectivity index (χ0n) is 19.5. The van der Waals surface area contributed by atoms with Gasteiger partial charge in [-0.05, 0) is 52.7 Å². The number of nitrogens with one attached hydrogen (secondary N) is 1. The van der Waals surface area contributed by atoms with E-state index in [0.29, 0.717) is 22.8 Å². The van der Waals surface area contributed by atoms with Gasteiger partial charge in [0.1, 0.15) is 5.57 Å². The fraction of sp³-hybridized carbons (Fsp3) is 0.0333. The van der Waals surface area contributed by atoms with Crippen LogP contribution >= 0.6 is 11.6 Å². The molecular weight excluding hydrogens is 486 g/mol. The lowest BCUT2D eigenvalue weighted by Crippen LogP contribution is -2.54. The van der Waals surface area contributed by atoms with Crippen molar-refractivity contribution in [3.8, 4) is 0 Å². The zero-order chi connectivity index (χ0) is 25.5. The van der Waals surface area contributed by atoms with E-state index in [9.17, 15) is 14.4 Å². The molecule has 4 amide bonds. The molecule has 7 heteroatoms. The molecule has 4 aromatic carbocycles. The molecular formula is C30H20ClN3O3. The molecule has 6 nitrogen and oxygen atoms in total. The number of nitrogens with zero attached hydrogens (tertiary/aromatic N) is 2. The van der Waals surface area contributed by atoms with E-state index >= 15 is 0 Å². The number of benzene rings is 4. The summed E-state index contributed by atoms with van der Waals surface area (Å²) in [5.74, 6) is -1.42. The molecule has 1 aliphatic heterocycles. The molecule has 0 atom stereocenters. The van der Waals surface area contributed by atoms with Crippen molar-refractivity contribution >= 4 is 62.9 Å². The average Bonchev–Trinajstić information content (AvgIpc) is 3.25. The molecule has 1 aromatic heterocycles. The number of urea groups is 1. The van der Waals surface area contributed by atoms with Crippen LogP contribution in [0.1, 0.15) is 11.1 Å². The summed E-state index contributed by atoms with van der Waals surface area (Å²) in [4.78, 5) is 39.6. The lowest BCUT2D eigenvalue weighted by atomic mass is 10.0. The first-order valence-electron chi connectivity index (χ1n) is 11.7. The largest absolute Gasteiger partial charge is 0.342 e. The first kappa shape index (κ1) is 22.8. The average molecular weight is 506 g/mol. The van der Waals surface area contributed by atoms with Crippen LogP contribution in [0.4, 0.5) is 10.5 Å². The van der Waals surface area contributed by atoms with Crippen molar-refractivity contribution < 1.29 is 14.4 Å². The molecule has 5 aromatic rings. The lowest BCUT2D eigenvalue weighted by Gasteiger charge is -2.26. The van der Waals surface area contributed by atoms with Crippen LogP contribution in [0.5, 0.6) is 0 Å². The van der Waals surface area contributed by atoms with Crippen LogP contribution in [0.15, 0.2) is 103 Å². The van der Waals surface area contributed by atoms with E-state index in [2.05, 4.69) is 34.1 Å². The maximum absolute atomic E-state index is 13.4. The molecule has 0 bridgehead atoms. The van der Waals surface area contributed by atoms with Gasteiger partial charge in [-0.2, -0.15) is 0 Å². The highest BCUT2D eigenvalue weighted by atomic mass is 35.5. The molecule has 2 heterocycles. The van der Waals surface area contributed by atoms with Crippen molar-refractivity contribution in [2.75, 3.05) is 4.90 Å². The maximum atomic E-state index is 13.4. The Morgan fingerprint density at radius 2 is 1.49 bits per heavy atom. The number of barbiturate groups is 1. The fourth-order valence-electron chi connectivity index (χ4n) is 4.77. The third kappa shape index (κ3) is 4.07. The van der Waals surface area contributed by atoms with Gasteiger partial charge in [-0.1, -0.05) is 72.3 Å². The predicted octanol–water partition coefficient (Wildman–Crippen LogP) is 6.16. The number of rotatable bonds is 4. The van der Waals surface area contributed by atoms with Gasteiger partial charge in [0.2, 0.25) is 0 Å². The summed E-state index contributed by atoms with van der Waals surface area (Å²) in [5.41, 5.74) is 3.03. The van der Waals surface area contributed by atoms with Crippen LogP contribution in [0.3, 0.4) is 0 Å². The first-order valence-corrected chi connectivity index (χ1v) is 12.1. The summed E-state index contributed by atoms with van der Waals surface area (Å²) in [6, 6.07) is 27.8. The van der Waals surface area contributed by atoms with Crippen molar-refractivity contribution in [3.63, 3.8) is 0 Å². The molecule has 6 rings (SSSR count). The highest BCUT2D eigenvalue weighted by Gasteiger charge is 2.37. The number of anilines is 1. The molecule has 1 fully saturated rings. The number of aromatic nitrogens is 1. The predicted molar refractivity (Wildman–Crippen MR) is 145 cm³/mol. The topological polar surface area (TPSA) is 71.4 Å². The Bertz CT molecular complexity index is 1750. The highest BCUT2D eigenvalue weighted by molar-refractivity contribution is 6.39. The van der Waals surface area contributed by atoms with Gasteiger partial charge in [0.25, 0.3) is 11.8 Å². The van der Waals surface area contributed by atoms with Crippen LogP contribution in [-0.4, -0.2) is 22.4 Å². The fourth-order valence-corrected chi connectivity index (χ4v) is 4.90. The Hall–Kier alpha value is -4.68. The minimum absolute atomic E-state index is 0.123. The van der Waals surface area contributed by atoms with Crippen molar-refractivity contribution in [1.29, 1.82) is 0 Å². The number of amides is 4. The summed E-state index contributed by atoms with van der Waals surface area (Å²) in [6.07, 6.45) is 3.48. The molecule has 1 saturated heterocycles. The number of carbonyl (C=O) groups excluding carboxylic acids is 3. The monoisotopic (exact) mass is 505 g/mol. The second-order valence-corrected chi connectivity index (χ2v) is 9.24. The molecule has 1 aliphatic rings. The normalized spacial score (nSPS) is 15.1. The third-order valence-electron chi connectivity index (χ3n) is 6.53. The number of carbonyl (C=O) groups is 3. The Morgan fingerprint density at radius 3 is 2.30 bits per heavy atom. The van der Waals surface area contributed by atoms with E-state index in [1.165, 1.54) is 5.39 Å². The Morgan fingerprint density at radius 1 is 0.784 bits per heavy atom. The minimum Gasteiger partial charge on any atom is -0.342 e. The SMILES string of the molecule is O=C1NC(=O)N(c2ccc(Cl)cc2)C(=O)/C1=C\c1cn(Cc2cccc3ccccc23)c2ccccc12. The van der Waals surface area contributed by atoms with E-state index in [4.69, 9.17) is 11.6 Å². The maximum Gasteiger partial charge on any atom is 0.335 e. The highest BCUT2D eigenvalue weighted by Crippen LogP contribution is 2.29. The second-order valence-electron chi connectivity index (χ2n) is 8.80. The number of hydrogen-bond acceptors (Lipinski definition) is 3. The molecule has 0 saturated carbocycles. The van der Waals surface area contributed by atoms with Crippen molar-refractivity contribution in [3.05, 3.63) is 119 Å². The van der Waals surface area contributed by atoms with Gasteiger partial charge in [0, 0.05) is 34.2 Å². The van der Waals surface area contributed by atoms with Gasteiger partial charge < -0.3 is 4.57 Å². The number of halogens is 1. The van der Waals surface area contributed by atoms with Gasteiger partial charge in [-0.15, -0.1) is 0 Å². The van der Waals surface area contributed by atoms with Crippen LogP contribution < -0.4 is 10.2 Å². The van der Waals surface area contributed by atoms with Crippen molar-refractivity contribution in [2.45, 2.75) is 6.54 Å². The summed E-state index contributed by atoms with van der Waals surface area (Å²) in [5, 5.41) is 5.97. The lowest BCUT2D eigenvalue weighted by molar-refractivity contribution is -0.122. The Balaban J connectivity index is 1.43. The molecule has 0 radical (unpaired) electrons. The van der Waals surface area contributed by atoms with E-state index in [0.717, 1.165) is 26.8 Å². The molecule has 180 valence electrons. The molecule has 0 unspecified atom stereocenters. The Kier molecular flexibility index (Phi) is 5.58. The van der Waals surface area contributed by atoms with E-state index < -0.39 is 17.8 Å². The molecule has 1 N–H and O–H groups in total. The van der Waals surface area contributed by atoms with Crippen molar-refractivity contribution in [2.24, 2.45) is 0 Å². The van der Waals surface area contributed by atoms with E-state index in [1.54, 1.807) is 30.3 Å².